The third-order valence-electron chi connectivity index (χ3n) is 16.8. The highest BCUT2D eigenvalue weighted by atomic mass is 32.1. The quantitative estimate of drug-likeness (QED) is 0.00667. The maximum atomic E-state index is 14.7. The number of nitrogens with zero attached hydrogens (tertiary/aromatic N) is 4. The molecular formula is C71H95N17O17S2. The summed E-state index contributed by atoms with van der Waals surface area (Å²) in [4.78, 5) is 178. The number of carboxylic acid groups (broad SMARTS) is 2. The maximum Gasteiger partial charge on any atom is 0.303 e. The van der Waals surface area contributed by atoms with E-state index in [4.69, 9.17) is 33.4 Å². The van der Waals surface area contributed by atoms with Gasteiger partial charge in [0.25, 0.3) is 23.4 Å². The predicted octanol–water partition coefficient (Wildman–Crippen LogP) is 2.38. The number of ether oxygens (including phenoxy) is 1. The fourth-order valence-corrected chi connectivity index (χ4v) is 10.8. The molecule has 0 aliphatic rings. The number of methoxy groups -OCH3 is 1. The van der Waals surface area contributed by atoms with Gasteiger partial charge in [-0.3, -0.25) is 77.6 Å². The Kier molecular flexibility index (Phi) is 37.1. The van der Waals surface area contributed by atoms with Gasteiger partial charge in [-0.25, -0.2) is 4.90 Å². The van der Waals surface area contributed by atoms with Crippen LogP contribution in [0.25, 0.3) is 10.8 Å². The molecule has 36 heteroatoms. The van der Waals surface area contributed by atoms with Crippen LogP contribution in [0, 0.1) is 22.0 Å². The highest BCUT2D eigenvalue weighted by Gasteiger charge is 2.37. The summed E-state index contributed by atoms with van der Waals surface area (Å²) < 4.78 is 5.63. The molecule has 5 aromatic carbocycles. The highest BCUT2D eigenvalue weighted by Crippen LogP contribution is 2.33. The number of aliphatic imine (C=N–C) groups is 2. The number of guanidine groups is 2. The standard InChI is InChI=1S/C38H50N8O8S.C33H45N9O9S/c1-4-22(2)32(39)35(51)43-27(16-17-31(47)48)33(49)45-29(21-55)34(50)44-28(15-10-18-42-38(40)41)37(53)46(36(52)23-11-6-5-7-12-23)25-19-24-13-8-9-14-26(24)30(20-25)54-3;1-3-19(2)27(41-28(45)20-8-5-4-6-9-20)32(49)39-24(15-16-26(43)44)30(47)40-25(18-52)31(48)38-23(10-7-17-36-33(34)35)29(46)37-21-11-13-22(14-12-21)42(50)51/h5-9,11-14,19-20,22,27-29,32,55H,4,10,15-18,21,39H2,1-3H3,(H,43,51)(H,44,50)(H,45,49)(H,47,48)(H4,40,41,42);4-6,8-9,11-14,19,23-25,27,52H,3,7,10,15-18H2,1-2H3,(H,37,46)(H,38,48)(H,39,49)(H,40,47)(H,41,45)(H,43,44)(H4,34,35,36)/t22-,27-,28-,29-,32-;19-,23-,24-,25-,27-/m00/s1. The SMILES string of the molecule is CC[C@H](C)[C@H](N)C(=O)N[C@@H](CCC(=O)O)C(=O)N[C@@H](CS)C(=O)N[C@@H](CCCN=C(N)N)C(=O)N(C(=O)c1ccccc1)c1cc(OC)c2ccccc2c1.CC[C@H](C)[C@H](NC(=O)c1ccccc1)C(=O)N[C@@H](CCC(=O)O)C(=O)N[C@@H](CS)C(=O)N[C@@H](CCCN=C(N)N)C(=O)Nc1ccc([N+](=O)[O-])cc1. The van der Waals surface area contributed by atoms with E-state index in [1.807, 2.05) is 26.0 Å². The second kappa shape index (κ2) is 45.1. The molecule has 0 spiro atoms. The number of nitro groups is 1. The van der Waals surface area contributed by atoms with Crippen LogP contribution < -0.4 is 80.8 Å². The molecule has 5 aromatic rings. The van der Waals surface area contributed by atoms with Gasteiger partial charge in [0.05, 0.1) is 23.8 Å². The minimum Gasteiger partial charge on any atom is -0.496 e. The first kappa shape index (κ1) is 88.0. The molecular weight excluding hydrogens is 1430 g/mol. The van der Waals surface area contributed by atoms with E-state index in [9.17, 15) is 77.9 Å². The number of carbonyl (C=O) groups excluding carboxylic acids is 10. The number of carbonyl (C=O) groups is 12. The first-order valence-electron chi connectivity index (χ1n) is 34.1. The van der Waals surface area contributed by atoms with Crippen LogP contribution in [0.5, 0.6) is 5.75 Å². The van der Waals surface area contributed by atoms with Crippen molar-refractivity contribution in [2.24, 2.45) is 50.5 Å². The van der Waals surface area contributed by atoms with Crippen molar-refractivity contribution >= 4 is 136 Å². The Morgan fingerprint density at radius 3 is 1.46 bits per heavy atom. The molecule has 0 aliphatic carbocycles. The maximum absolute atomic E-state index is 14.7. The average molecular weight is 1520 g/mol. The number of thiol groups is 2. The molecule has 0 unspecified atom stereocenters. The molecule has 107 heavy (non-hydrogen) atoms. The average Bonchev–Trinajstić information content (AvgIpc) is 0.779. The number of benzene rings is 5. The smallest absolute Gasteiger partial charge is 0.303 e. The Bertz CT molecular complexity index is 3950. The molecule has 5 rings (SSSR count). The number of imide groups is 1. The Labute approximate surface area is 628 Å². The Morgan fingerprint density at radius 2 is 0.981 bits per heavy atom. The Balaban J connectivity index is 0.000000453. The van der Waals surface area contributed by atoms with Crippen molar-refractivity contribution in [3.05, 3.63) is 143 Å². The number of rotatable bonds is 41. The second-order valence-electron chi connectivity index (χ2n) is 24.6. The van der Waals surface area contributed by atoms with Gasteiger partial charge in [0.15, 0.2) is 11.9 Å². The predicted molar refractivity (Wildman–Crippen MR) is 408 cm³/mol. The highest BCUT2D eigenvalue weighted by molar-refractivity contribution is 7.80. The van der Waals surface area contributed by atoms with E-state index in [1.54, 1.807) is 98.8 Å². The first-order chi connectivity index (χ1) is 50.9. The normalized spacial score (nSPS) is 13.6. The summed E-state index contributed by atoms with van der Waals surface area (Å²) in [6.45, 7) is 7.36. The topological polar surface area (TPSA) is 552 Å². The molecule has 34 nitrogen and oxygen atoms in total. The zero-order chi connectivity index (χ0) is 79.4. The summed E-state index contributed by atoms with van der Waals surface area (Å²) in [5.41, 5.74) is 28.5. The number of aliphatic carboxylic acids is 2. The summed E-state index contributed by atoms with van der Waals surface area (Å²) in [6.07, 6.45) is -0.121. The summed E-state index contributed by atoms with van der Waals surface area (Å²) in [6, 6.07) is 21.7. The van der Waals surface area contributed by atoms with Crippen LogP contribution in [0.2, 0.25) is 0 Å². The number of amides is 10. The van der Waals surface area contributed by atoms with Crippen molar-refractivity contribution in [3.8, 4) is 5.75 Å². The van der Waals surface area contributed by atoms with Crippen LogP contribution in [0.3, 0.4) is 0 Å². The molecule has 578 valence electrons. The van der Waals surface area contributed by atoms with Crippen LogP contribution in [0.1, 0.15) is 113 Å². The fourth-order valence-electron chi connectivity index (χ4n) is 10.3. The summed E-state index contributed by atoms with van der Waals surface area (Å²) in [7, 11) is 1.47. The number of nitro benzene ring substituents is 1. The molecule has 0 saturated heterocycles. The molecule has 0 aliphatic heterocycles. The molecule has 10 amide bonds. The number of hydrogen-bond donors (Lipinski definition) is 17. The molecule has 0 fully saturated rings. The first-order valence-corrected chi connectivity index (χ1v) is 35.4. The van der Waals surface area contributed by atoms with Gasteiger partial charge in [0, 0.05) is 77.8 Å². The molecule has 10 atom stereocenters. The molecule has 0 aromatic heterocycles. The lowest BCUT2D eigenvalue weighted by Crippen LogP contribution is -2.59. The zero-order valence-corrected chi connectivity index (χ0v) is 61.6. The monoisotopic (exact) mass is 1520 g/mol. The summed E-state index contributed by atoms with van der Waals surface area (Å²) in [5.74, 6) is -11.1. The van der Waals surface area contributed by atoms with Crippen LogP contribution in [-0.2, 0) is 47.9 Å². The minimum absolute atomic E-state index is 0.0390. The number of nitrogens with one attached hydrogen (secondary N) is 8. The molecule has 0 radical (unpaired) electrons. The van der Waals surface area contributed by atoms with Gasteiger partial charge in [0.1, 0.15) is 48.0 Å². The van der Waals surface area contributed by atoms with Crippen LogP contribution in [0.15, 0.2) is 131 Å². The number of nitrogens with two attached hydrogens (primary N) is 5. The molecule has 0 saturated carbocycles. The van der Waals surface area contributed by atoms with E-state index < -0.39 is 137 Å². The van der Waals surface area contributed by atoms with Crippen molar-refractivity contribution in [1.82, 2.24) is 37.2 Å². The van der Waals surface area contributed by atoms with Crippen molar-refractivity contribution < 1.29 is 77.4 Å². The van der Waals surface area contributed by atoms with Crippen molar-refractivity contribution in [1.29, 1.82) is 0 Å². The molecule has 0 bridgehead atoms. The van der Waals surface area contributed by atoms with Crippen molar-refractivity contribution in [2.75, 3.05) is 41.9 Å². The van der Waals surface area contributed by atoms with Crippen molar-refractivity contribution in [3.63, 3.8) is 0 Å². The van der Waals surface area contributed by atoms with Gasteiger partial charge in [-0.1, -0.05) is 101 Å². The summed E-state index contributed by atoms with van der Waals surface area (Å²) >= 11 is 8.44. The van der Waals surface area contributed by atoms with Crippen molar-refractivity contribution in [2.45, 2.75) is 140 Å². The van der Waals surface area contributed by atoms with Crippen LogP contribution in [-0.4, -0.2) is 178 Å². The third-order valence-corrected chi connectivity index (χ3v) is 17.5. The van der Waals surface area contributed by atoms with E-state index in [1.165, 1.54) is 31.4 Å². The van der Waals surface area contributed by atoms with E-state index in [0.717, 1.165) is 10.3 Å². The Hall–Kier alpha value is -11.4. The third kappa shape index (κ3) is 28.9. The number of anilines is 2. The van der Waals surface area contributed by atoms with Gasteiger partial charge in [-0.2, -0.15) is 25.3 Å². The van der Waals surface area contributed by atoms with E-state index in [2.05, 4.69) is 77.8 Å². The van der Waals surface area contributed by atoms with Gasteiger partial charge in [0.2, 0.25) is 41.4 Å². The lowest BCUT2D eigenvalue weighted by atomic mass is 9.97. The van der Waals surface area contributed by atoms with Gasteiger partial charge in [-0.15, -0.1) is 0 Å². The van der Waals surface area contributed by atoms with Gasteiger partial charge in [-0.05, 0) is 98.2 Å². The number of fused-ring (bicyclic) bond motifs is 1. The van der Waals surface area contributed by atoms with Gasteiger partial charge < -0.3 is 86.2 Å². The minimum atomic E-state index is -1.43. The largest absolute Gasteiger partial charge is 0.496 e. The molecule has 0 heterocycles. The number of carboxylic acids is 2. The van der Waals surface area contributed by atoms with E-state index >= 15 is 0 Å². The number of non-ortho nitro benzene ring substituents is 1. The van der Waals surface area contributed by atoms with E-state index in [-0.39, 0.29) is 110 Å². The Morgan fingerprint density at radius 1 is 0.542 bits per heavy atom. The van der Waals surface area contributed by atoms with Crippen LogP contribution >= 0.6 is 25.3 Å². The van der Waals surface area contributed by atoms with E-state index in [0.29, 0.717) is 29.5 Å². The summed E-state index contributed by atoms with van der Waals surface area (Å²) in [5, 5.41) is 51.5. The lowest BCUT2D eigenvalue weighted by molar-refractivity contribution is -0.384. The van der Waals surface area contributed by atoms with Gasteiger partial charge >= 0.3 is 11.9 Å². The second-order valence-corrected chi connectivity index (χ2v) is 25.3. The van der Waals surface area contributed by atoms with Crippen LogP contribution in [0.4, 0.5) is 17.1 Å². The molecule has 20 N–H and O–H groups in total. The lowest BCUT2D eigenvalue weighted by Gasteiger charge is -2.29. The fraction of sp³-hybridized carbons (Fsp3) is 0.408. The zero-order valence-electron chi connectivity index (χ0n) is 59.8. The number of hydrogen-bond acceptors (Lipinski definition) is 20.